The minimum atomic E-state index is 1.16. The molecule has 19 aromatic rings. The lowest BCUT2D eigenvalue weighted by Crippen LogP contribution is -1.93. The van der Waals surface area contributed by atoms with Crippen LogP contribution in [-0.4, -0.2) is 17.9 Å². The Balaban J connectivity index is 0.922. The summed E-state index contributed by atoms with van der Waals surface area (Å²) in [6, 6.07) is 95.3. The second kappa shape index (κ2) is 14.7. The van der Waals surface area contributed by atoms with Gasteiger partial charge in [0.2, 0.25) is 0 Å². The number of hydrogen-bond acceptors (Lipinski definition) is 0. The molecule has 13 aromatic carbocycles. The van der Waals surface area contributed by atoms with Gasteiger partial charge in [0.05, 0.1) is 55.2 Å². The molecule has 0 bridgehead atoms. The van der Waals surface area contributed by atoms with Gasteiger partial charge in [-0.05, 0) is 118 Å². The van der Waals surface area contributed by atoms with Gasteiger partial charge in [-0.15, -0.1) is 0 Å². The summed E-state index contributed by atoms with van der Waals surface area (Å²) in [5.41, 5.74) is 19.5. The zero-order valence-electron chi connectivity index (χ0n) is 42.0. The van der Waals surface area contributed by atoms with Crippen molar-refractivity contribution in [3.05, 3.63) is 255 Å². The third-order valence-electron chi connectivity index (χ3n) is 17.7. The highest BCUT2D eigenvalue weighted by Gasteiger charge is 2.28. The molecule has 19 rings (SSSR count). The van der Waals surface area contributed by atoms with Gasteiger partial charge >= 0.3 is 0 Å². The van der Waals surface area contributed by atoms with E-state index in [1.165, 1.54) is 164 Å². The quantitative estimate of drug-likeness (QED) is 0.167. The SMILES string of the molecule is c1ccc(-n2c3ccccc3c3cc(-c4cc5ccccc5c5c6cccc7c8c9c%10cccc%11c%12c%13ccccc%13cc(-c%13ccc%14c(c%13)c%13ccccc%13n%14-c%13ccccc%13)c%12n(c9ccc8n(c45)c76)c%10%11)ccc32)cc1. The first-order valence-electron chi connectivity index (χ1n) is 27.1. The van der Waals surface area contributed by atoms with Crippen molar-refractivity contribution in [2.45, 2.75) is 0 Å². The molecule has 6 heterocycles. The van der Waals surface area contributed by atoms with E-state index in [0.717, 1.165) is 11.4 Å². The summed E-state index contributed by atoms with van der Waals surface area (Å²) < 4.78 is 10.1. The maximum Gasteiger partial charge on any atom is 0.0626 e. The van der Waals surface area contributed by atoms with Gasteiger partial charge < -0.3 is 17.9 Å². The molecule has 0 amide bonds. The van der Waals surface area contributed by atoms with Crippen molar-refractivity contribution in [3.63, 3.8) is 0 Å². The highest BCUT2D eigenvalue weighted by molar-refractivity contribution is 6.39. The first-order chi connectivity index (χ1) is 38.7. The van der Waals surface area contributed by atoms with Crippen LogP contribution >= 0.6 is 0 Å². The van der Waals surface area contributed by atoms with E-state index in [1.54, 1.807) is 0 Å². The van der Waals surface area contributed by atoms with Crippen LogP contribution in [0.4, 0.5) is 0 Å². The number of aromatic nitrogens is 4. The molecule has 4 heteroatoms. The number of fused-ring (bicyclic) bond motifs is 23. The van der Waals surface area contributed by atoms with Crippen LogP contribution in [0.25, 0.3) is 175 Å². The Morgan fingerprint density at radius 1 is 0.205 bits per heavy atom. The summed E-state index contributed by atoms with van der Waals surface area (Å²) in [4.78, 5) is 0. The number of para-hydroxylation sites is 6. The third kappa shape index (κ3) is 5.06. The molecular weight excluding hydrogens is 945 g/mol. The summed E-state index contributed by atoms with van der Waals surface area (Å²) in [5.74, 6) is 0. The molecule has 6 aromatic heterocycles. The maximum atomic E-state index is 2.63. The monoisotopic (exact) mass is 986 g/mol. The Morgan fingerprint density at radius 3 is 1.00 bits per heavy atom. The predicted octanol–water partition coefficient (Wildman–Crippen LogP) is 19.8. The Morgan fingerprint density at radius 2 is 0.551 bits per heavy atom. The largest absolute Gasteiger partial charge is 0.309 e. The average molecular weight is 987 g/mol. The van der Waals surface area contributed by atoms with Gasteiger partial charge in [-0.1, -0.05) is 170 Å². The van der Waals surface area contributed by atoms with E-state index in [9.17, 15) is 0 Å². The summed E-state index contributed by atoms with van der Waals surface area (Å²) in [6.45, 7) is 0. The van der Waals surface area contributed by atoms with Gasteiger partial charge in [0, 0.05) is 87.1 Å². The average Bonchev–Trinajstić information content (AvgIpc) is 4.51. The highest BCUT2D eigenvalue weighted by Crippen LogP contribution is 2.52. The number of benzene rings is 13. The third-order valence-corrected chi connectivity index (χ3v) is 17.7. The fourth-order valence-corrected chi connectivity index (χ4v) is 14.7. The molecule has 0 unspecified atom stereocenters. The van der Waals surface area contributed by atoms with E-state index in [0.29, 0.717) is 0 Å². The molecule has 0 atom stereocenters. The number of hydrogen-bond donors (Lipinski definition) is 0. The highest BCUT2D eigenvalue weighted by atomic mass is 15.0. The van der Waals surface area contributed by atoms with Crippen LogP contribution in [0.15, 0.2) is 255 Å². The van der Waals surface area contributed by atoms with Crippen LogP contribution in [0.1, 0.15) is 0 Å². The van der Waals surface area contributed by atoms with Crippen LogP contribution in [0.3, 0.4) is 0 Å². The molecule has 0 aliphatic rings. The van der Waals surface area contributed by atoms with E-state index >= 15 is 0 Å². The van der Waals surface area contributed by atoms with Gasteiger partial charge in [0.15, 0.2) is 0 Å². The molecule has 78 heavy (non-hydrogen) atoms. The number of rotatable bonds is 4. The molecular formula is C74H42N4. The number of nitrogens with zero attached hydrogens (tertiary/aromatic N) is 4. The second-order valence-electron chi connectivity index (χ2n) is 21.5. The molecule has 0 N–H and O–H groups in total. The maximum absolute atomic E-state index is 2.63. The Bertz CT molecular complexity index is 5430. The van der Waals surface area contributed by atoms with Crippen molar-refractivity contribution in [3.8, 4) is 33.6 Å². The van der Waals surface area contributed by atoms with Crippen LogP contribution in [-0.2, 0) is 0 Å². The van der Waals surface area contributed by atoms with Crippen molar-refractivity contribution in [1.29, 1.82) is 0 Å². The lowest BCUT2D eigenvalue weighted by Gasteiger charge is -2.12. The lowest BCUT2D eigenvalue weighted by atomic mass is 9.94. The van der Waals surface area contributed by atoms with Crippen molar-refractivity contribution in [2.75, 3.05) is 0 Å². The smallest absolute Gasteiger partial charge is 0.0626 e. The predicted molar refractivity (Wildman–Crippen MR) is 330 cm³/mol. The first kappa shape index (κ1) is 40.9. The molecule has 0 fully saturated rings. The Kier molecular flexibility index (Phi) is 7.71. The summed E-state index contributed by atoms with van der Waals surface area (Å²) in [6.07, 6.45) is 0. The molecule has 0 saturated heterocycles. The Labute approximate surface area is 445 Å². The van der Waals surface area contributed by atoms with Crippen molar-refractivity contribution in [2.24, 2.45) is 0 Å². The van der Waals surface area contributed by atoms with Gasteiger partial charge in [-0.2, -0.15) is 0 Å². The van der Waals surface area contributed by atoms with Gasteiger partial charge in [0.1, 0.15) is 0 Å². The molecule has 0 radical (unpaired) electrons. The Hall–Kier alpha value is -10.4. The van der Waals surface area contributed by atoms with E-state index in [1.807, 2.05) is 0 Å². The van der Waals surface area contributed by atoms with Crippen molar-refractivity contribution < 1.29 is 0 Å². The topological polar surface area (TPSA) is 18.7 Å². The minimum absolute atomic E-state index is 1.16. The van der Waals surface area contributed by atoms with E-state index in [2.05, 4.69) is 273 Å². The molecule has 0 aliphatic carbocycles. The molecule has 0 spiro atoms. The fraction of sp³-hybridized carbons (Fsp3) is 0. The van der Waals surface area contributed by atoms with Crippen LogP contribution < -0.4 is 0 Å². The van der Waals surface area contributed by atoms with Gasteiger partial charge in [-0.3, -0.25) is 0 Å². The van der Waals surface area contributed by atoms with Crippen molar-refractivity contribution >= 4 is 141 Å². The van der Waals surface area contributed by atoms with Gasteiger partial charge in [0.25, 0.3) is 0 Å². The molecule has 0 aliphatic heterocycles. The van der Waals surface area contributed by atoms with E-state index in [4.69, 9.17) is 0 Å². The second-order valence-corrected chi connectivity index (χ2v) is 21.5. The molecule has 4 nitrogen and oxygen atoms in total. The lowest BCUT2D eigenvalue weighted by molar-refractivity contribution is 1.18. The standard InChI is InChI=1S/C74H42N4/c1-3-19-47(20-4-1)75-61-31-13-11-25-51(61)59-41-45(33-35-63(59)75)57-39-43-17-7-9-23-49(43)67-53-27-15-29-55-69-65(77(71(53)55)73(57)67)37-38-66-70(69)56-30-16-28-54-68-50-24-10-8-18-44(50)40-58(74(68)78(66)72(54)56)46-34-36-64-60(42-46)52-26-12-14-32-62(52)76(64)48-21-5-2-6-22-48/h1-42H. The van der Waals surface area contributed by atoms with Crippen LogP contribution in [0.2, 0.25) is 0 Å². The zero-order valence-corrected chi connectivity index (χ0v) is 42.0. The normalized spacial score (nSPS) is 12.6. The fourth-order valence-electron chi connectivity index (χ4n) is 14.7. The minimum Gasteiger partial charge on any atom is -0.309 e. The van der Waals surface area contributed by atoms with Gasteiger partial charge in [-0.25, -0.2) is 0 Å². The summed E-state index contributed by atoms with van der Waals surface area (Å²) in [5, 5.41) is 20.4. The summed E-state index contributed by atoms with van der Waals surface area (Å²) >= 11 is 0. The van der Waals surface area contributed by atoms with E-state index in [-0.39, 0.29) is 0 Å². The molecule has 0 saturated carbocycles. The van der Waals surface area contributed by atoms with Crippen molar-refractivity contribution in [1.82, 2.24) is 17.9 Å². The first-order valence-corrected chi connectivity index (χ1v) is 27.1. The van der Waals surface area contributed by atoms with Crippen LogP contribution in [0, 0.1) is 0 Å². The molecule has 358 valence electrons. The van der Waals surface area contributed by atoms with Crippen LogP contribution in [0.5, 0.6) is 0 Å². The summed E-state index contributed by atoms with van der Waals surface area (Å²) in [7, 11) is 0. The van der Waals surface area contributed by atoms with E-state index < -0.39 is 0 Å². The zero-order chi connectivity index (χ0) is 50.5.